The van der Waals surface area contributed by atoms with Crippen molar-refractivity contribution >= 4 is 23.1 Å². The standard InChI is InChI=1S/C27H27N3O3/c1-4-29(22-11-6-5-7-12-22)25-24(20-13-15-23(16-14-20)33-19(2)3)26(31)30(27(25)32)18-21-10-8-9-17-28-21/h5-17,19H,4,18H2,1-3H3. The third kappa shape index (κ3) is 4.65. The van der Waals surface area contributed by atoms with Crippen LogP contribution in [0, 0.1) is 0 Å². The summed E-state index contributed by atoms with van der Waals surface area (Å²) >= 11 is 0. The maximum absolute atomic E-state index is 13.6. The van der Waals surface area contributed by atoms with Crippen LogP contribution in [0.3, 0.4) is 0 Å². The Morgan fingerprint density at radius 1 is 0.909 bits per heavy atom. The van der Waals surface area contributed by atoms with Crippen molar-refractivity contribution < 1.29 is 14.3 Å². The summed E-state index contributed by atoms with van der Waals surface area (Å²) < 4.78 is 5.75. The zero-order valence-electron chi connectivity index (χ0n) is 19.1. The molecule has 0 saturated heterocycles. The lowest BCUT2D eigenvalue weighted by Gasteiger charge is -2.25. The fourth-order valence-electron chi connectivity index (χ4n) is 3.92. The highest BCUT2D eigenvalue weighted by molar-refractivity contribution is 6.36. The highest BCUT2D eigenvalue weighted by Gasteiger charge is 2.41. The Kier molecular flexibility index (Phi) is 6.54. The van der Waals surface area contributed by atoms with E-state index in [0.29, 0.717) is 34.8 Å². The molecule has 0 N–H and O–H groups in total. The monoisotopic (exact) mass is 441 g/mol. The molecule has 0 atom stereocenters. The molecule has 2 amide bonds. The van der Waals surface area contributed by atoms with Crippen LogP contribution in [0.15, 0.2) is 84.7 Å². The van der Waals surface area contributed by atoms with Crippen molar-refractivity contribution in [3.63, 3.8) is 0 Å². The van der Waals surface area contributed by atoms with Crippen molar-refractivity contribution in [2.24, 2.45) is 0 Å². The van der Waals surface area contributed by atoms with E-state index in [9.17, 15) is 9.59 Å². The number of ether oxygens (including phenoxy) is 1. The molecule has 33 heavy (non-hydrogen) atoms. The van der Waals surface area contributed by atoms with Crippen molar-refractivity contribution in [3.05, 3.63) is 95.9 Å². The van der Waals surface area contributed by atoms with Gasteiger partial charge in [-0.15, -0.1) is 0 Å². The fraction of sp³-hybridized carbons (Fsp3) is 0.222. The van der Waals surface area contributed by atoms with E-state index >= 15 is 0 Å². The number of hydrogen-bond acceptors (Lipinski definition) is 5. The third-order valence-corrected chi connectivity index (χ3v) is 5.36. The number of para-hydroxylation sites is 1. The molecule has 0 spiro atoms. The number of imide groups is 1. The van der Waals surface area contributed by atoms with Crippen LogP contribution in [0.5, 0.6) is 5.75 Å². The zero-order valence-corrected chi connectivity index (χ0v) is 19.1. The predicted octanol–water partition coefficient (Wildman–Crippen LogP) is 4.68. The van der Waals surface area contributed by atoms with Gasteiger partial charge in [0.25, 0.3) is 11.8 Å². The van der Waals surface area contributed by atoms with Crippen molar-refractivity contribution in [2.75, 3.05) is 11.4 Å². The Balaban J connectivity index is 1.79. The summed E-state index contributed by atoms with van der Waals surface area (Å²) in [5, 5.41) is 0. The molecular formula is C27H27N3O3. The van der Waals surface area contributed by atoms with Gasteiger partial charge in [0.2, 0.25) is 0 Å². The summed E-state index contributed by atoms with van der Waals surface area (Å²) in [5.74, 6) is 0.0647. The molecule has 0 unspecified atom stereocenters. The average molecular weight is 442 g/mol. The summed E-state index contributed by atoms with van der Waals surface area (Å²) in [5.41, 5.74) is 2.95. The molecule has 1 aliphatic rings. The SMILES string of the molecule is CCN(C1=C(c2ccc(OC(C)C)cc2)C(=O)N(Cc2ccccn2)C1=O)c1ccccc1. The van der Waals surface area contributed by atoms with E-state index in [1.807, 2.05) is 92.4 Å². The highest BCUT2D eigenvalue weighted by Crippen LogP contribution is 2.35. The second-order valence-electron chi connectivity index (χ2n) is 8.01. The molecule has 0 bridgehead atoms. The van der Waals surface area contributed by atoms with E-state index in [-0.39, 0.29) is 24.5 Å². The molecule has 3 aromatic rings. The maximum atomic E-state index is 13.6. The quantitative estimate of drug-likeness (QED) is 0.475. The molecule has 2 aromatic carbocycles. The molecule has 1 aromatic heterocycles. The third-order valence-electron chi connectivity index (χ3n) is 5.36. The number of hydrogen-bond donors (Lipinski definition) is 0. The average Bonchev–Trinajstić information content (AvgIpc) is 3.06. The number of likely N-dealkylation sites (N-methyl/N-ethyl adjacent to an activating group) is 1. The Morgan fingerprint density at radius 2 is 1.61 bits per heavy atom. The number of anilines is 1. The first kappa shape index (κ1) is 22.3. The van der Waals surface area contributed by atoms with Crippen molar-refractivity contribution in [1.29, 1.82) is 0 Å². The molecule has 168 valence electrons. The van der Waals surface area contributed by atoms with Crippen LogP contribution >= 0.6 is 0 Å². The van der Waals surface area contributed by atoms with Gasteiger partial charge in [-0.2, -0.15) is 0 Å². The molecular weight excluding hydrogens is 414 g/mol. The van der Waals surface area contributed by atoms with Gasteiger partial charge in [0.1, 0.15) is 11.4 Å². The lowest BCUT2D eigenvalue weighted by molar-refractivity contribution is -0.137. The van der Waals surface area contributed by atoms with E-state index in [1.54, 1.807) is 12.3 Å². The fourth-order valence-corrected chi connectivity index (χ4v) is 3.92. The number of benzene rings is 2. The molecule has 0 saturated carbocycles. The molecule has 4 rings (SSSR count). The Morgan fingerprint density at radius 3 is 2.21 bits per heavy atom. The summed E-state index contributed by atoms with van der Waals surface area (Å²) in [6.45, 7) is 6.54. The van der Waals surface area contributed by atoms with Gasteiger partial charge in [-0.3, -0.25) is 19.5 Å². The number of aromatic nitrogens is 1. The van der Waals surface area contributed by atoms with Gasteiger partial charge < -0.3 is 9.64 Å². The molecule has 6 heteroatoms. The number of carbonyl (C=O) groups excluding carboxylic acids is 2. The smallest absolute Gasteiger partial charge is 0.278 e. The minimum Gasteiger partial charge on any atom is -0.491 e. The number of nitrogens with zero attached hydrogens (tertiary/aromatic N) is 3. The van der Waals surface area contributed by atoms with Crippen molar-refractivity contribution in [3.8, 4) is 5.75 Å². The Bertz CT molecular complexity index is 1160. The molecule has 2 heterocycles. The first-order valence-electron chi connectivity index (χ1n) is 11.1. The van der Waals surface area contributed by atoms with Crippen molar-refractivity contribution in [2.45, 2.75) is 33.4 Å². The highest BCUT2D eigenvalue weighted by atomic mass is 16.5. The lowest BCUT2D eigenvalue weighted by Crippen LogP contribution is -2.35. The van der Waals surface area contributed by atoms with Gasteiger partial charge in [-0.05, 0) is 62.7 Å². The molecule has 0 radical (unpaired) electrons. The van der Waals surface area contributed by atoms with E-state index in [1.165, 1.54) is 4.90 Å². The van der Waals surface area contributed by atoms with Gasteiger partial charge in [0, 0.05) is 18.4 Å². The molecule has 0 aliphatic carbocycles. The normalized spacial score (nSPS) is 13.8. The Hall–Kier alpha value is -3.93. The minimum absolute atomic E-state index is 0.0443. The molecule has 6 nitrogen and oxygen atoms in total. The second-order valence-corrected chi connectivity index (χ2v) is 8.01. The summed E-state index contributed by atoms with van der Waals surface area (Å²) in [6.07, 6.45) is 1.70. The lowest BCUT2D eigenvalue weighted by atomic mass is 10.0. The van der Waals surface area contributed by atoms with Crippen LogP contribution in [-0.2, 0) is 16.1 Å². The van der Waals surface area contributed by atoms with E-state index in [4.69, 9.17) is 4.74 Å². The van der Waals surface area contributed by atoms with Gasteiger partial charge in [-0.25, -0.2) is 0 Å². The van der Waals surface area contributed by atoms with Crippen LogP contribution in [0.4, 0.5) is 5.69 Å². The summed E-state index contributed by atoms with van der Waals surface area (Å²) in [7, 11) is 0. The maximum Gasteiger partial charge on any atom is 0.278 e. The van der Waals surface area contributed by atoms with E-state index in [2.05, 4.69) is 4.98 Å². The van der Waals surface area contributed by atoms with Crippen LogP contribution in [-0.4, -0.2) is 34.3 Å². The number of rotatable bonds is 8. The summed E-state index contributed by atoms with van der Waals surface area (Å²) in [4.78, 5) is 34.7. The van der Waals surface area contributed by atoms with Crippen LogP contribution in [0.2, 0.25) is 0 Å². The Labute approximate surface area is 194 Å². The minimum atomic E-state index is -0.326. The topological polar surface area (TPSA) is 62.7 Å². The largest absolute Gasteiger partial charge is 0.491 e. The molecule has 0 fully saturated rings. The van der Waals surface area contributed by atoms with E-state index < -0.39 is 0 Å². The van der Waals surface area contributed by atoms with Crippen LogP contribution in [0.1, 0.15) is 32.0 Å². The van der Waals surface area contributed by atoms with Gasteiger partial charge in [0.15, 0.2) is 0 Å². The number of pyridine rings is 1. The van der Waals surface area contributed by atoms with Gasteiger partial charge in [-0.1, -0.05) is 36.4 Å². The first-order valence-corrected chi connectivity index (χ1v) is 11.1. The van der Waals surface area contributed by atoms with Crippen molar-refractivity contribution in [1.82, 2.24) is 9.88 Å². The first-order chi connectivity index (χ1) is 16.0. The van der Waals surface area contributed by atoms with E-state index in [0.717, 1.165) is 5.69 Å². The van der Waals surface area contributed by atoms with Crippen LogP contribution < -0.4 is 9.64 Å². The number of amides is 2. The van der Waals surface area contributed by atoms with Gasteiger partial charge in [0.05, 0.1) is 23.9 Å². The number of carbonyl (C=O) groups is 2. The van der Waals surface area contributed by atoms with Crippen LogP contribution in [0.25, 0.3) is 5.57 Å². The zero-order chi connectivity index (χ0) is 23.4. The summed E-state index contributed by atoms with van der Waals surface area (Å²) in [6, 6.07) is 22.4. The second kappa shape index (κ2) is 9.69. The van der Waals surface area contributed by atoms with Gasteiger partial charge >= 0.3 is 0 Å². The predicted molar refractivity (Wildman–Crippen MR) is 128 cm³/mol. The molecule has 1 aliphatic heterocycles.